The van der Waals surface area contributed by atoms with Crippen LogP contribution in [-0.4, -0.2) is 34.5 Å². The maximum atomic E-state index is 14.1. The first-order chi connectivity index (χ1) is 16.5. The van der Waals surface area contributed by atoms with E-state index in [1.807, 2.05) is 37.3 Å². The molecule has 1 saturated heterocycles. The van der Waals surface area contributed by atoms with E-state index in [4.69, 9.17) is 4.99 Å². The zero-order valence-corrected chi connectivity index (χ0v) is 19.2. The van der Waals surface area contributed by atoms with Crippen LogP contribution < -0.4 is 0 Å². The largest absolute Gasteiger partial charge is 0.299 e. The predicted octanol–water partition coefficient (Wildman–Crippen LogP) is 5.50. The van der Waals surface area contributed by atoms with Gasteiger partial charge in [-0.3, -0.25) is 19.7 Å². The smallest absolute Gasteiger partial charge is 0.163 e. The molecule has 0 aliphatic carbocycles. The molecule has 0 spiro atoms. The summed E-state index contributed by atoms with van der Waals surface area (Å²) >= 11 is 0. The second-order valence-electron chi connectivity index (χ2n) is 9.29. The van der Waals surface area contributed by atoms with Crippen molar-refractivity contribution in [3.05, 3.63) is 99.9 Å². The third-order valence-electron chi connectivity index (χ3n) is 6.79. The Bertz CT molecular complexity index is 1250. The van der Waals surface area contributed by atoms with E-state index in [0.717, 1.165) is 47.5 Å². The third kappa shape index (κ3) is 4.68. The van der Waals surface area contributed by atoms with Gasteiger partial charge < -0.3 is 0 Å². The predicted molar refractivity (Wildman–Crippen MR) is 128 cm³/mol. The van der Waals surface area contributed by atoms with Crippen molar-refractivity contribution in [2.75, 3.05) is 13.1 Å². The zero-order valence-electron chi connectivity index (χ0n) is 19.2. The van der Waals surface area contributed by atoms with Crippen LogP contribution in [0.1, 0.15) is 57.6 Å². The second-order valence-corrected chi connectivity index (χ2v) is 9.29. The van der Waals surface area contributed by atoms with Gasteiger partial charge in [-0.25, -0.2) is 8.78 Å². The van der Waals surface area contributed by atoms with Crippen LogP contribution >= 0.6 is 0 Å². The molecule has 0 radical (unpaired) electrons. The van der Waals surface area contributed by atoms with Crippen LogP contribution in [0.15, 0.2) is 59.7 Å². The van der Waals surface area contributed by atoms with Gasteiger partial charge in [-0.15, -0.1) is 0 Å². The van der Waals surface area contributed by atoms with Gasteiger partial charge in [0.15, 0.2) is 5.78 Å². The van der Waals surface area contributed by atoms with Crippen LogP contribution in [0.2, 0.25) is 0 Å². The molecule has 0 saturated carbocycles. The molecule has 3 heterocycles. The van der Waals surface area contributed by atoms with Gasteiger partial charge in [0.2, 0.25) is 0 Å². The SMILES string of the molecule is Cc1cc(C2=NCc3ccc(C(=O)C[C@@H]4CCCN(Cc5c(F)cccc5F)C4)cc32)ccn1. The average molecular weight is 460 g/mol. The fourth-order valence-corrected chi connectivity index (χ4v) is 5.05. The van der Waals surface area contributed by atoms with Gasteiger partial charge in [0.05, 0.1) is 12.3 Å². The molecule has 0 bridgehead atoms. The summed E-state index contributed by atoms with van der Waals surface area (Å²) in [5.74, 6) is -0.763. The van der Waals surface area contributed by atoms with Gasteiger partial charge >= 0.3 is 0 Å². The number of ketones is 1. The Kier molecular flexibility index (Phi) is 6.33. The number of carbonyl (C=O) groups is 1. The highest BCUT2D eigenvalue weighted by atomic mass is 19.1. The minimum absolute atomic E-state index is 0.101. The third-order valence-corrected chi connectivity index (χ3v) is 6.79. The van der Waals surface area contributed by atoms with Crippen molar-refractivity contribution < 1.29 is 13.6 Å². The van der Waals surface area contributed by atoms with Gasteiger partial charge in [0.1, 0.15) is 11.6 Å². The molecule has 0 unspecified atom stereocenters. The first-order valence-corrected chi connectivity index (χ1v) is 11.8. The summed E-state index contributed by atoms with van der Waals surface area (Å²) in [4.78, 5) is 24.2. The summed E-state index contributed by atoms with van der Waals surface area (Å²) in [6, 6.07) is 13.8. The number of aromatic nitrogens is 1. The zero-order chi connectivity index (χ0) is 23.7. The van der Waals surface area contributed by atoms with E-state index in [1.165, 1.54) is 18.2 Å². The van der Waals surface area contributed by atoms with Crippen LogP contribution in [0.3, 0.4) is 0 Å². The number of rotatable bonds is 6. The minimum atomic E-state index is -0.516. The lowest BCUT2D eigenvalue weighted by Crippen LogP contribution is -2.36. The molecule has 4 nitrogen and oxygen atoms in total. The Labute approximate surface area is 198 Å². The molecule has 0 N–H and O–H groups in total. The highest BCUT2D eigenvalue weighted by Gasteiger charge is 2.25. The van der Waals surface area contributed by atoms with Crippen molar-refractivity contribution in [1.82, 2.24) is 9.88 Å². The molecule has 0 amide bonds. The molecule has 1 aromatic heterocycles. The summed E-state index contributed by atoms with van der Waals surface area (Å²) in [7, 11) is 0. The van der Waals surface area contributed by atoms with Crippen LogP contribution in [-0.2, 0) is 13.1 Å². The van der Waals surface area contributed by atoms with Crippen molar-refractivity contribution in [1.29, 1.82) is 0 Å². The lowest BCUT2D eigenvalue weighted by atomic mass is 9.89. The number of nitrogens with zero attached hydrogens (tertiary/aromatic N) is 3. The Morgan fingerprint density at radius 2 is 1.94 bits per heavy atom. The van der Waals surface area contributed by atoms with Crippen LogP contribution in [0.5, 0.6) is 0 Å². The number of carbonyl (C=O) groups excluding carboxylic acids is 1. The average Bonchev–Trinajstić information content (AvgIpc) is 3.25. The molecule has 174 valence electrons. The number of hydrogen-bond acceptors (Lipinski definition) is 4. The van der Waals surface area contributed by atoms with Gasteiger partial charge in [-0.1, -0.05) is 18.2 Å². The summed E-state index contributed by atoms with van der Waals surface area (Å²) in [5.41, 5.74) is 5.78. The van der Waals surface area contributed by atoms with E-state index >= 15 is 0 Å². The number of likely N-dealkylation sites (tertiary alicyclic amines) is 1. The fraction of sp³-hybridized carbons (Fsp3) is 0.321. The van der Waals surface area contributed by atoms with Crippen LogP contribution in [0, 0.1) is 24.5 Å². The molecule has 1 fully saturated rings. The first kappa shape index (κ1) is 22.5. The van der Waals surface area contributed by atoms with Crippen LogP contribution in [0.25, 0.3) is 0 Å². The summed E-state index contributed by atoms with van der Waals surface area (Å²) in [6.45, 7) is 4.24. The molecule has 5 rings (SSSR count). The van der Waals surface area contributed by atoms with E-state index < -0.39 is 11.6 Å². The van der Waals surface area contributed by atoms with E-state index in [-0.39, 0.29) is 23.8 Å². The molecule has 3 aromatic rings. The van der Waals surface area contributed by atoms with Crippen LogP contribution in [0.4, 0.5) is 8.78 Å². The number of halogens is 2. The molecule has 2 aliphatic rings. The lowest BCUT2D eigenvalue weighted by Gasteiger charge is -2.32. The number of piperidine rings is 1. The number of fused-ring (bicyclic) bond motifs is 1. The highest BCUT2D eigenvalue weighted by Crippen LogP contribution is 2.28. The van der Waals surface area contributed by atoms with E-state index in [2.05, 4.69) is 9.88 Å². The maximum absolute atomic E-state index is 14.1. The van der Waals surface area contributed by atoms with E-state index in [0.29, 0.717) is 25.1 Å². The molecule has 2 aromatic carbocycles. The first-order valence-electron chi connectivity index (χ1n) is 11.8. The molecule has 1 atom stereocenters. The van der Waals surface area contributed by atoms with E-state index in [9.17, 15) is 13.6 Å². The Morgan fingerprint density at radius 1 is 1.12 bits per heavy atom. The summed E-state index contributed by atoms with van der Waals surface area (Å²) in [6.07, 6.45) is 4.06. The molecular weight excluding hydrogens is 432 g/mol. The number of hydrogen-bond donors (Lipinski definition) is 0. The lowest BCUT2D eigenvalue weighted by molar-refractivity contribution is 0.0910. The highest BCUT2D eigenvalue weighted by molar-refractivity contribution is 6.16. The quantitative estimate of drug-likeness (QED) is 0.457. The van der Waals surface area contributed by atoms with Gasteiger partial charge in [-0.2, -0.15) is 0 Å². The van der Waals surface area contributed by atoms with Crippen molar-refractivity contribution in [3.63, 3.8) is 0 Å². The Balaban J connectivity index is 1.28. The fourth-order valence-electron chi connectivity index (χ4n) is 5.05. The van der Waals surface area contributed by atoms with Crippen molar-refractivity contribution >= 4 is 11.5 Å². The molecular formula is C28H27F2N3O. The van der Waals surface area contributed by atoms with Gasteiger partial charge in [0, 0.05) is 53.7 Å². The normalized spacial score (nSPS) is 18.0. The van der Waals surface area contributed by atoms with Gasteiger partial charge in [0.25, 0.3) is 0 Å². The summed E-state index contributed by atoms with van der Waals surface area (Å²) in [5, 5.41) is 0. The number of Topliss-reactive ketones (excluding diaryl/α,β-unsaturated/α-hetero) is 1. The van der Waals surface area contributed by atoms with Crippen molar-refractivity contribution in [2.45, 2.75) is 39.3 Å². The number of pyridine rings is 1. The number of benzene rings is 2. The summed E-state index contributed by atoms with van der Waals surface area (Å²) < 4.78 is 28.2. The maximum Gasteiger partial charge on any atom is 0.163 e. The standard InChI is InChI=1S/C28H27F2N3O/c1-18-12-21(9-10-31-18)28-23-14-20(7-8-22(23)15-32-28)27(34)13-19-4-3-11-33(16-19)17-24-25(29)5-2-6-26(24)30/h2,5-10,12,14,19H,3-4,11,13,15-17H2,1H3/t19-/m0/s1. The van der Waals surface area contributed by atoms with Crippen molar-refractivity contribution in [2.24, 2.45) is 10.9 Å². The van der Waals surface area contributed by atoms with E-state index in [1.54, 1.807) is 6.20 Å². The molecule has 6 heteroatoms. The Morgan fingerprint density at radius 3 is 2.74 bits per heavy atom. The Hall–Kier alpha value is -3.25. The minimum Gasteiger partial charge on any atom is -0.299 e. The monoisotopic (exact) mass is 459 g/mol. The van der Waals surface area contributed by atoms with Gasteiger partial charge in [-0.05, 0) is 68.1 Å². The number of aliphatic imine (C=N–C) groups is 1. The topological polar surface area (TPSA) is 45.6 Å². The van der Waals surface area contributed by atoms with Crippen molar-refractivity contribution in [3.8, 4) is 0 Å². The second kappa shape index (κ2) is 9.55. The molecule has 34 heavy (non-hydrogen) atoms. The molecule has 2 aliphatic heterocycles. The number of aryl methyl sites for hydroxylation is 1.